The largest absolute Gasteiger partial charge is 0.477 e. The molecule has 0 fully saturated rings. The first kappa shape index (κ1) is 14.9. The van der Waals surface area contributed by atoms with Gasteiger partial charge in [0.25, 0.3) is 0 Å². The number of nitro groups is 1. The van der Waals surface area contributed by atoms with E-state index in [-0.39, 0.29) is 17.9 Å². The average Bonchev–Trinajstić information content (AvgIpc) is 2.46. The lowest BCUT2D eigenvalue weighted by Crippen LogP contribution is -2.06. The highest BCUT2D eigenvalue weighted by atomic mass is 79.9. The molecule has 9 heteroatoms. The number of hydrogen-bond donors (Lipinski definition) is 2. The first-order chi connectivity index (χ1) is 9.99. The summed E-state index contributed by atoms with van der Waals surface area (Å²) in [5.74, 6) is -1.11. The SMILES string of the molecule is O=C(O)c1ccc(CNc2c(Br)cncc2[N+](=O)[O-])cn1. The van der Waals surface area contributed by atoms with Crippen molar-refractivity contribution in [3.8, 4) is 0 Å². The van der Waals surface area contributed by atoms with Crippen LogP contribution < -0.4 is 5.32 Å². The minimum atomic E-state index is -1.11. The monoisotopic (exact) mass is 352 g/mol. The van der Waals surface area contributed by atoms with E-state index < -0.39 is 10.9 Å². The fraction of sp³-hybridized carbons (Fsp3) is 0.0833. The van der Waals surface area contributed by atoms with Crippen LogP contribution in [0.5, 0.6) is 0 Å². The lowest BCUT2D eigenvalue weighted by atomic mass is 10.2. The Morgan fingerprint density at radius 3 is 2.71 bits per heavy atom. The topological polar surface area (TPSA) is 118 Å². The molecule has 2 rings (SSSR count). The second-order valence-electron chi connectivity index (χ2n) is 3.98. The van der Waals surface area contributed by atoms with Crippen molar-refractivity contribution in [3.05, 3.63) is 56.6 Å². The number of rotatable bonds is 5. The number of carbonyl (C=O) groups is 1. The molecule has 2 aromatic rings. The molecule has 8 nitrogen and oxygen atoms in total. The minimum Gasteiger partial charge on any atom is -0.477 e. The number of halogens is 1. The zero-order valence-corrected chi connectivity index (χ0v) is 12.1. The van der Waals surface area contributed by atoms with Gasteiger partial charge in [-0.15, -0.1) is 0 Å². The minimum absolute atomic E-state index is 0.0603. The summed E-state index contributed by atoms with van der Waals surface area (Å²) in [5.41, 5.74) is 0.782. The Kier molecular flexibility index (Phi) is 4.43. The van der Waals surface area contributed by atoms with E-state index in [9.17, 15) is 14.9 Å². The second kappa shape index (κ2) is 6.27. The van der Waals surface area contributed by atoms with Crippen LogP contribution in [0, 0.1) is 10.1 Å². The molecule has 0 amide bonds. The highest BCUT2D eigenvalue weighted by Crippen LogP contribution is 2.31. The number of aromatic carboxylic acids is 1. The number of aromatic nitrogens is 2. The van der Waals surface area contributed by atoms with Crippen molar-refractivity contribution in [1.29, 1.82) is 0 Å². The maximum absolute atomic E-state index is 10.9. The van der Waals surface area contributed by atoms with Gasteiger partial charge in [-0.05, 0) is 27.6 Å². The second-order valence-corrected chi connectivity index (χ2v) is 4.84. The molecule has 0 bridgehead atoms. The smallest absolute Gasteiger partial charge is 0.354 e. The van der Waals surface area contributed by atoms with Crippen molar-refractivity contribution in [2.45, 2.75) is 6.54 Å². The summed E-state index contributed by atoms with van der Waals surface area (Å²) < 4.78 is 0.465. The number of carboxylic acids is 1. The lowest BCUT2D eigenvalue weighted by molar-refractivity contribution is -0.384. The van der Waals surface area contributed by atoms with Gasteiger partial charge >= 0.3 is 11.7 Å². The van der Waals surface area contributed by atoms with Crippen LogP contribution in [-0.4, -0.2) is 26.0 Å². The van der Waals surface area contributed by atoms with Gasteiger partial charge in [0.15, 0.2) is 0 Å². The third-order valence-electron chi connectivity index (χ3n) is 2.59. The van der Waals surface area contributed by atoms with Crippen LogP contribution in [0.1, 0.15) is 16.1 Å². The van der Waals surface area contributed by atoms with Crippen LogP contribution in [0.3, 0.4) is 0 Å². The van der Waals surface area contributed by atoms with Crippen molar-refractivity contribution < 1.29 is 14.8 Å². The molecule has 2 heterocycles. The summed E-state index contributed by atoms with van der Waals surface area (Å²) in [7, 11) is 0. The van der Waals surface area contributed by atoms with Gasteiger partial charge in [0.1, 0.15) is 17.6 Å². The standard InChI is InChI=1S/C12H9BrN4O4/c13-8-5-14-6-10(17(20)21)11(8)16-4-7-1-2-9(12(18)19)15-3-7/h1-3,5-6H,4H2,(H,14,16)(H,18,19). The van der Waals surface area contributed by atoms with Crippen LogP contribution in [0.4, 0.5) is 11.4 Å². The zero-order chi connectivity index (χ0) is 15.4. The number of carboxylic acid groups (broad SMARTS) is 1. The van der Waals surface area contributed by atoms with Gasteiger partial charge in [0, 0.05) is 18.9 Å². The molecule has 0 saturated heterocycles. The third-order valence-corrected chi connectivity index (χ3v) is 3.19. The molecule has 21 heavy (non-hydrogen) atoms. The van der Waals surface area contributed by atoms with Gasteiger partial charge in [-0.25, -0.2) is 9.78 Å². The molecule has 0 radical (unpaired) electrons. The van der Waals surface area contributed by atoms with Crippen molar-refractivity contribution in [1.82, 2.24) is 9.97 Å². The van der Waals surface area contributed by atoms with E-state index in [1.54, 1.807) is 6.07 Å². The fourth-order valence-electron chi connectivity index (χ4n) is 1.58. The molecule has 0 unspecified atom stereocenters. The van der Waals surface area contributed by atoms with Crippen LogP contribution in [0.15, 0.2) is 35.2 Å². The quantitative estimate of drug-likeness (QED) is 0.626. The number of pyridine rings is 2. The summed E-state index contributed by atoms with van der Waals surface area (Å²) in [6.07, 6.45) is 4.00. The van der Waals surface area contributed by atoms with Gasteiger partial charge in [0.05, 0.1) is 9.40 Å². The van der Waals surface area contributed by atoms with Crippen molar-refractivity contribution in [2.75, 3.05) is 5.32 Å². The summed E-state index contributed by atoms with van der Waals surface area (Å²) in [5, 5.41) is 22.6. The Hall–Kier alpha value is -2.55. The molecule has 0 spiro atoms. The molecule has 0 aromatic carbocycles. The van der Waals surface area contributed by atoms with E-state index in [0.717, 1.165) is 6.20 Å². The highest BCUT2D eigenvalue weighted by Gasteiger charge is 2.17. The zero-order valence-electron chi connectivity index (χ0n) is 10.5. The molecule has 2 aromatic heterocycles. The van der Waals surface area contributed by atoms with Gasteiger partial charge in [0.2, 0.25) is 0 Å². The molecule has 0 atom stereocenters. The van der Waals surface area contributed by atoms with Crippen molar-refractivity contribution in [3.63, 3.8) is 0 Å². The molecule has 108 valence electrons. The van der Waals surface area contributed by atoms with Crippen LogP contribution in [0.2, 0.25) is 0 Å². The van der Waals surface area contributed by atoms with Gasteiger partial charge in [-0.2, -0.15) is 0 Å². The summed E-state index contributed by atoms with van der Waals surface area (Å²) in [4.78, 5) is 28.6. The number of hydrogen-bond acceptors (Lipinski definition) is 6. The lowest BCUT2D eigenvalue weighted by Gasteiger charge is -2.08. The normalized spacial score (nSPS) is 10.1. The number of nitrogens with one attached hydrogen (secondary N) is 1. The maximum Gasteiger partial charge on any atom is 0.354 e. The Morgan fingerprint density at radius 1 is 1.38 bits per heavy atom. The van der Waals surface area contributed by atoms with Gasteiger partial charge in [-0.1, -0.05) is 6.07 Å². The highest BCUT2D eigenvalue weighted by molar-refractivity contribution is 9.10. The van der Waals surface area contributed by atoms with E-state index in [1.807, 2.05) is 0 Å². The first-order valence-electron chi connectivity index (χ1n) is 5.69. The van der Waals surface area contributed by atoms with E-state index in [0.29, 0.717) is 15.7 Å². The Labute approximate surface area is 127 Å². The summed E-state index contributed by atoms with van der Waals surface area (Å²) >= 11 is 3.20. The molecular formula is C12H9BrN4O4. The van der Waals surface area contributed by atoms with Crippen LogP contribution >= 0.6 is 15.9 Å². The van der Waals surface area contributed by atoms with Crippen molar-refractivity contribution in [2.24, 2.45) is 0 Å². The first-order valence-corrected chi connectivity index (χ1v) is 6.48. The third kappa shape index (κ3) is 3.51. The number of anilines is 1. The predicted octanol–water partition coefficient (Wildman–Crippen LogP) is 2.46. The Balaban J connectivity index is 2.16. The van der Waals surface area contributed by atoms with E-state index >= 15 is 0 Å². The van der Waals surface area contributed by atoms with Crippen LogP contribution in [-0.2, 0) is 6.54 Å². The Bertz CT molecular complexity index is 690. The molecule has 0 aliphatic carbocycles. The van der Waals surface area contributed by atoms with Crippen molar-refractivity contribution >= 4 is 33.3 Å². The van der Waals surface area contributed by atoms with E-state index in [2.05, 4.69) is 31.2 Å². The van der Waals surface area contributed by atoms with Gasteiger partial charge in [-0.3, -0.25) is 15.1 Å². The van der Waals surface area contributed by atoms with E-state index in [1.165, 1.54) is 18.5 Å². The predicted molar refractivity (Wildman–Crippen MR) is 77.1 cm³/mol. The maximum atomic E-state index is 10.9. The summed E-state index contributed by atoms with van der Waals surface area (Å²) in [6, 6.07) is 2.96. The molecule has 0 aliphatic heterocycles. The van der Waals surface area contributed by atoms with Gasteiger partial charge < -0.3 is 10.4 Å². The van der Waals surface area contributed by atoms with Crippen LogP contribution in [0.25, 0.3) is 0 Å². The molecule has 0 aliphatic rings. The molecular weight excluding hydrogens is 344 g/mol. The van der Waals surface area contributed by atoms with E-state index in [4.69, 9.17) is 5.11 Å². The Morgan fingerprint density at radius 2 is 2.14 bits per heavy atom. The fourth-order valence-corrected chi connectivity index (χ4v) is 2.05. The number of nitrogens with zero attached hydrogens (tertiary/aromatic N) is 3. The average molecular weight is 353 g/mol. The molecule has 0 saturated carbocycles. The summed E-state index contributed by atoms with van der Waals surface area (Å²) in [6.45, 7) is 0.260. The molecule has 2 N–H and O–H groups in total.